The SMILES string of the molecule is COc1cc(OC)c([C@H]2CCN(C)[C@@H]2COC(C)=O)c(OC(=O)c2cccc(I)c2Cl)c1C(C)=O. The van der Waals surface area contributed by atoms with Crippen LogP contribution in [0.25, 0.3) is 0 Å². The van der Waals surface area contributed by atoms with Gasteiger partial charge in [-0.05, 0) is 61.7 Å². The summed E-state index contributed by atoms with van der Waals surface area (Å²) in [4.78, 5) is 39.7. The summed E-state index contributed by atoms with van der Waals surface area (Å²) in [6, 6.07) is 6.42. The van der Waals surface area contributed by atoms with Crippen molar-refractivity contribution in [2.45, 2.75) is 32.2 Å². The number of esters is 2. The van der Waals surface area contributed by atoms with Crippen LogP contribution in [0, 0.1) is 3.57 Å². The van der Waals surface area contributed by atoms with Crippen molar-refractivity contribution in [1.82, 2.24) is 4.90 Å². The van der Waals surface area contributed by atoms with Crippen LogP contribution >= 0.6 is 34.2 Å². The fraction of sp³-hybridized carbons (Fsp3) is 0.400. The summed E-state index contributed by atoms with van der Waals surface area (Å²) >= 11 is 8.40. The van der Waals surface area contributed by atoms with Gasteiger partial charge in [-0.2, -0.15) is 0 Å². The number of carbonyl (C=O) groups is 3. The number of carbonyl (C=O) groups excluding carboxylic acids is 3. The number of Topliss-reactive ketones (excluding diaryl/α,β-unsaturated/α-hetero) is 1. The van der Waals surface area contributed by atoms with Crippen molar-refractivity contribution in [1.29, 1.82) is 0 Å². The normalized spacial score (nSPS) is 17.7. The minimum absolute atomic E-state index is 0.0572. The molecular formula is C25H27ClINO7. The van der Waals surface area contributed by atoms with Crippen LogP contribution in [0.5, 0.6) is 17.2 Å². The minimum atomic E-state index is -0.713. The van der Waals surface area contributed by atoms with Crippen molar-refractivity contribution in [2.24, 2.45) is 0 Å². The molecule has 35 heavy (non-hydrogen) atoms. The molecule has 1 fully saturated rings. The van der Waals surface area contributed by atoms with E-state index < -0.39 is 11.9 Å². The lowest BCUT2D eigenvalue weighted by atomic mass is 9.87. The van der Waals surface area contributed by atoms with E-state index in [9.17, 15) is 14.4 Å². The Hall–Kier alpha value is -2.37. The second-order valence-electron chi connectivity index (χ2n) is 8.19. The number of rotatable bonds is 8. The lowest BCUT2D eigenvalue weighted by Crippen LogP contribution is -2.34. The van der Waals surface area contributed by atoms with Crippen LogP contribution in [-0.4, -0.2) is 63.1 Å². The monoisotopic (exact) mass is 615 g/mol. The highest BCUT2D eigenvalue weighted by atomic mass is 127. The van der Waals surface area contributed by atoms with Crippen molar-refractivity contribution in [3.63, 3.8) is 0 Å². The maximum Gasteiger partial charge on any atom is 0.345 e. The fourth-order valence-corrected chi connectivity index (χ4v) is 5.05. The molecule has 0 bridgehead atoms. The van der Waals surface area contributed by atoms with Crippen molar-refractivity contribution in [2.75, 3.05) is 34.4 Å². The number of nitrogens with zero attached hydrogens (tertiary/aromatic N) is 1. The average molecular weight is 616 g/mol. The number of ether oxygens (including phenoxy) is 4. The first-order valence-corrected chi connectivity index (χ1v) is 12.4. The Morgan fingerprint density at radius 2 is 1.83 bits per heavy atom. The predicted molar refractivity (Wildman–Crippen MR) is 139 cm³/mol. The van der Waals surface area contributed by atoms with Gasteiger partial charge in [0.1, 0.15) is 23.7 Å². The molecule has 8 nitrogen and oxygen atoms in total. The van der Waals surface area contributed by atoms with Crippen molar-refractivity contribution in [3.05, 3.63) is 49.5 Å². The molecule has 10 heteroatoms. The topological polar surface area (TPSA) is 91.4 Å². The number of ketones is 1. The van der Waals surface area contributed by atoms with Crippen LogP contribution in [0.1, 0.15) is 52.5 Å². The van der Waals surface area contributed by atoms with Gasteiger partial charge >= 0.3 is 11.9 Å². The van der Waals surface area contributed by atoms with Crippen LogP contribution in [-0.2, 0) is 9.53 Å². The molecule has 2 atom stereocenters. The van der Waals surface area contributed by atoms with Gasteiger partial charge in [-0.3, -0.25) is 14.5 Å². The predicted octanol–water partition coefficient (Wildman–Crippen LogP) is 4.73. The van der Waals surface area contributed by atoms with Gasteiger partial charge in [-0.25, -0.2) is 4.79 Å². The zero-order chi connectivity index (χ0) is 25.9. The molecule has 2 aromatic rings. The van der Waals surface area contributed by atoms with Gasteiger partial charge in [0.2, 0.25) is 0 Å². The summed E-state index contributed by atoms with van der Waals surface area (Å²) in [5.74, 6) is -1.03. The molecule has 0 aliphatic carbocycles. The summed E-state index contributed by atoms with van der Waals surface area (Å²) in [5.41, 5.74) is 0.829. The van der Waals surface area contributed by atoms with E-state index in [2.05, 4.69) is 4.90 Å². The lowest BCUT2D eigenvalue weighted by molar-refractivity contribution is -0.142. The van der Waals surface area contributed by atoms with Crippen LogP contribution in [0.3, 0.4) is 0 Å². The average Bonchev–Trinajstić information content (AvgIpc) is 3.17. The molecule has 0 aromatic heterocycles. The van der Waals surface area contributed by atoms with Gasteiger partial charge in [-0.15, -0.1) is 0 Å². The summed E-state index contributed by atoms with van der Waals surface area (Å²) < 4.78 is 23.1. The molecule has 0 amide bonds. The zero-order valence-electron chi connectivity index (χ0n) is 20.1. The molecule has 0 saturated carbocycles. The maximum absolute atomic E-state index is 13.3. The van der Waals surface area contributed by atoms with Gasteiger partial charge in [0.15, 0.2) is 11.5 Å². The molecule has 0 unspecified atom stereocenters. The molecule has 1 heterocycles. The van der Waals surface area contributed by atoms with E-state index in [0.717, 1.165) is 0 Å². The smallest absolute Gasteiger partial charge is 0.345 e. The molecule has 1 aliphatic heterocycles. The third-order valence-electron chi connectivity index (χ3n) is 6.06. The Balaban J connectivity index is 2.21. The first kappa shape index (κ1) is 27.2. The third kappa shape index (κ3) is 5.73. The number of likely N-dealkylation sites (N-methyl/N-ethyl adjacent to an activating group) is 1. The highest BCUT2D eigenvalue weighted by Gasteiger charge is 2.40. The van der Waals surface area contributed by atoms with Gasteiger partial charge in [0, 0.05) is 28.0 Å². The van der Waals surface area contributed by atoms with E-state index in [1.807, 2.05) is 29.6 Å². The highest BCUT2D eigenvalue weighted by molar-refractivity contribution is 14.1. The van der Waals surface area contributed by atoms with Crippen LogP contribution < -0.4 is 14.2 Å². The molecular weight excluding hydrogens is 589 g/mol. The molecule has 2 aromatic carbocycles. The number of benzene rings is 2. The Bertz CT molecular complexity index is 1150. The number of methoxy groups -OCH3 is 2. The molecule has 0 spiro atoms. The summed E-state index contributed by atoms with van der Waals surface area (Å²) in [6.45, 7) is 3.57. The minimum Gasteiger partial charge on any atom is -0.496 e. The number of hydrogen-bond donors (Lipinski definition) is 0. The molecule has 0 N–H and O–H groups in total. The second-order valence-corrected chi connectivity index (χ2v) is 9.73. The van der Waals surface area contributed by atoms with Gasteiger partial charge in [0.05, 0.1) is 30.8 Å². The standard InChI is InChI=1S/C25H27ClINO7/c1-13(29)21-19(32-4)11-20(33-5)22(15-9-10-28(3)18(15)12-34-14(2)30)24(21)35-25(31)16-7-6-8-17(27)23(16)26/h6-8,11,15,18H,9-10,12H2,1-5H3/t15-,18+/m0/s1. The molecule has 0 radical (unpaired) electrons. The Labute approximate surface area is 222 Å². The summed E-state index contributed by atoms with van der Waals surface area (Å²) in [6.07, 6.45) is 0.664. The Morgan fingerprint density at radius 3 is 2.43 bits per heavy atom. The van der Waals surface area contributed by atoms with Gasteiger partial charge in [0.25, 0.3) is 0 Å². The van der Waals surface area contributed by atoms with Crippen molar-refractivity contribution in [3.8, 4) is 17.2 Å². The van der Waals surface area contributed by atoms with E-state index in [-0.39, 0.29) is 52.0 Å². The molecule has 188 valence electrons. The highest BCUT2D eigenvalue weighted by Crippen LogP contribution is 2.48. The fourth-order valence-electron chi connectivity index (χ4n) is 4.35. The first-order chi connectivity index (χ1) is 16.6. The largest absolute Gasteiger partial charge is 0.496 e. The third-order valence-corrected chi connectivity index (χ3v) is 7.68. The summed E-state index contributed by atoms with van der Waals surface area (Å²) in [5, 5.41) is 0.257. The number of halogens is 2. The van der Waals surface area contributed by atoms with Crippen LogP contribution in [0.2, 0.25) is 5.02 Å². The van der Waals surface area contributed by atoms with Crippen molar-refractivity contribution >= 4 is 51.9 Å². The molecule has 1 aliphatic rings. The van der Waals surface area contributed by atoms with Gasteiger partial charge < -0.3 is 18.9 Å². The maximum atomic E-state index is 13.3. The molecule has 1 saturated heterocycles. The first-order valence-electron chi connectivity index (χ1n) is 10.9. The Morgan fingerprint density at radius 1 is 1.14 bits per heavy atom. The summed E-state index contributed by atoms with van der Waals surface area (Å²) in [7, 11) is 4.84. The van der Waals surface area contributed by atoms with Crippen LogP contribution in [0.4, 0.5) is 0 Å². The second kappa shape index (κ2) is 11.6. The number of hydrogen-bond acceptors (Lipinski definition) is 8. The zero-order valence-corrected chi connectivity index (χ0v) is 23.1. The Kier molecular flexibility index (Phi) is 9.00. The lowest BCUT2D eigenvalue weighted by Gasteiger charge is -2.28. The van der Waals surface area contributed by atoms with E-state index >= 15 is 0 Å². The molecule has 3 rings (SSSR count). The van der Waals surface area contributed by atoms with E-state index in [4.69, 9.17) is 30.5 Å². The van der Waals surface area contributed by atoms with Crippen molar-refractivity contribution < 1.29 is 33.3 Å². The van der Waals surface area contributed by atoms with E-state index in [1.165, 1.54) is 28.1 Å². The van der Waals surface area contributed by atoms with Gasteiger partial charge in [-0.1, -0.05) is 17.7 Å². The van der Waals surface area contributed by atoms with E-state index in [0.29, 0.717) is 27.8 Å². The van der Waals surface area contributed by atoms with Crippen LogP contribution in [0.15, 0.2) is 24.3 Å². The number of likely N-dealkylation sites (tertiary alicyclic amines) is 1. The quantitative estimate of drug-likeness (QED) is 0.182. The van der Waals surface area contributed by atoms with E-state index in [1.54, 1.807) is 24.3 Å².